The Morgan fingerprint density at radius 1 is 1.43 bits per heavy atom. The highest BCUT2D eigenvalue weighted by Gasteiger charge is 2.16. The van der Waals surface area contributed by atoms with Gasteiger partial charge < -0.3 is 10.2 Å². The highest BCUT2D eigenvalue weighted by atomic mass is 19.1. The predicted molar refractivity (Wildman–Crippen MR) is 78.7 cm³/mol. The molecule has 1 aliphatic heterocycles. The summed E-state index contributed by atoms with van der Waals surface area (Å²) in [4.78, 5) is 6.16. The van der Waals surface area contributed by atoms with E-state index in [2.05, 4.69) is 27.3 Å². The van der Waals surface area contributed by atoms with Crippen molar-refractivity contribution >= 4 is 0 Å². The van der Waals surface area contributed by atoms with Gasteiger partial charge in [0, 0.05) is 19.1 Å². The van der Waals surface area contributed by atoms with Crippen molar-refractivity contribution in [3.8, 4) is 5.69 Å². The number of hydrogen-bond acceptors (Lipinski definition) is 4. The van der Waals surface area contributed by atoms with Crippen LogP contribution in [0.4, 0.5) is 4.39 Å². The Labute approximate surface area is 123 Å². The highest BCUT2D eigenvalue weighted by Crippen LogP contribution is 2.15. The molecule has 0 bridgehead atoms. The topological polar surface area (TPSA) is 46.0 Å². The van der Waals surface area contributed by atoms with Crippen LogP contribution in [0, 0.1) is 5.82 Å². The molecule has 0 saturated carbocycles. The number of rotatable bonds is 4. The lowest BCUT2D eigenvalue weighted by Gasteiger charge is -2.30. The predicted octanol–water partition coefficient (Wildman–Crippen LogP) is 1.59. The van der Waals surface area contributed by atoms with E-state index in [1.165, 1.54) is 36.7 Å². The molecule has 0 radical (unpaired) electrons. The van der Waals surface area contributed by atoms with Crippen LogP contribution in [-0.4, -0.2) is 45.8 Å². The van der Waals surface area contributed by atoms with Crippen molar-refractivity contribution in [1.82, 2.24) is 25.0 Å². The molecule has 6 heteroatoms. The Morgan fingerprint density at radius 2 is 2.33 bits per heavy atom. The van der Waals surface area contributed by atoms with Crippen LogP contribution in [0.1, 0.15) is 18.4 Å². The second-order valence-electron chi connectivity index (χ2n) is 5.61. The van der Waals surface area contributed by atoms with Crippen LogP contribution in [0.2, 0.25) is 0 Å². The summed E-state index contributed by atoms with van der Waals surface area (Å²) in [5, 5.41) is 7.46. The molecule has 1 unspecified atom stereocenters. The molecule has 3 rings (SSSR count). The molecular formula is C15H20FN5. The largest absolute Gasteiger partial charge is 0.309 e. The third-order valence-electron chi connectivity index (χ3n) is 3.90. The Bertz CT molecular complexity index is 584. The fourth-order valence-corrected chi connectivity index (χ4v) is 2.77. The lowest BCUT2D eigenvalue weighted by molar-refractivity contribution is 0.226. The summed E-state index contributed by atoms with van der Waals surface area (Å²) < 4.78 is 15.5. The zero-order chi connectivity index (χ0) is 14.7. The van der Waals surface area contributed by atoms with Crippen LogP contribution < -0.4 is 5.32 Å². The van der Waals surface area contributed by atoms with Crippen LogP contribution in [0.25, 0.3) is 5.69 Å². The van der Waals surface area contributed by atoms with Gasteiger partial charge in [0.1, 0.15) is 24.2 Å². The first-order valence-corrected chi connectivity index (χ1v) is 7.28. The van der Waals surface area contributed by atoms with Gasteiger partial charge >= 0.3 is 0 Å². The lowest BCUT2D eigenvalue weighted by Crippen LogP contribution is -2.43. The number of hydrogen-bond donors (Lipinski definition) is 1. The number of nitrogens with zero attached hydrogens (tertiary/aromatic N) is 4. The van der Waals surface area contributed by atoms with Crippen molar-refractivity contribution < 1.29 is 4.39 Å². The molecule has 1 N–H and O–H groups in total. The van der Waals surface area contributed by atoms with E-state index in [1.54, 1.807) is 12.1 Å². The first-order chi connectivity index (χ1) is 10.2. The second-order valence-corrected chi connectivity index (χ2v) is 5.61. The minimum Gasteiger partial charge on any atom is -0.309 e. The minimum atomic E-state index is -0.277. The van der Waals surface area contributed by atoms with Gasteiger partial charge in [0.25, 0.3) is 0 Å². The van der Waals surface area contributed by atoms with E-state index < -0.39 is 0 Å². The lowest BCUT2D eigenvalue weighted by atomic mass is 10.1. The van der Waals surface area contributed by atoms with Gasteiger partial charge in [-0.3, -0.25) is 0 Å². The molecule has 1 atom stereocenters. The zero-order valence-corrected chi connectivity index (χ0v) is 12.2. The van der Waals surface area contributed by atoms with Gasteiger partial charge in [-0.05, 0) is 44.1 Å². The Morgan fingerprint density at radius 3 is 3.05 bits per heavy atom. The molecule has 0 spiro atoms. The molecular weight excluding hydrogens is 269 g/mol. The minimum absolute atomic E-state index is 0.277. The Kier molecular flexibility index (Phi) is 4.26. The standard InChI is InChI=1S/C15H20FN5/c1-20-6-2-3-13(9-20)18-8-12-4-5-15(14(16)7-12)21-11-17-10-19-21/h4-5,7,10-11,13,18H,2-3,6,8-9H2,1H3. The summed E-state index contributed by atoms with van der Waals surface area (Å²) in [6.07, 6.45) is 5.29. The van der Waals surface area contributed by atoms with Crippen molar-refractivity contribution in [2.24, 2.45) is 0 Å². The van der Waals surface area contributed by atoms with Gasteiger partial charge in [-0.25, -0.2) is 14.1 Å². The fourth-order valence-electron chi connectivity index (χ4n) is 2.77. The van der Waals surface area contributed by atoms with E-state index in [0.717, 1.165) is 12.1 Å². The molecule has 2 aromatic rings. The van der Waals surface area contributed by atoms with Crippen molar-refractivity contribution in [1.29, 1.82) is 0 Å². The maximum absolute atomic E-state index is 14.1. The molecule has 1 aliphatic rings. The van der Waals surface area contributed by atoms with E-state index in [1.807, 2.05) is 6.07 Å². The molecule has 21 heavy (non-hydrogen) atoms. The molecule has 2 heterocycles. The SMILES string of the molecule is CN1CCCC(NCc2ccc(-n3cncn3)c(F)c2)C1. The van der Waals surface area contributed by atoms with E-state index in [-0.39, 0.29) is 5.82 Å². The van der Waals surface area contributed by atoms with E-state index in [4.69, 9.17) is 0 Å². The molecule has 112 valence electrons. The maximum atomic E-state index is 14.1. The normalized spacial score (nSPS) is 19.8. The summed E-state index contributed by atoms with van der Waals surface area (Å²) in [5.74, 6) is -0.277. The Hall–Kier alpha value is -1.79. The summed E-state index contributed by atoms with van der Waals surface area (Å²) in [5.41, 5.74) is 1.37. The molecule has 1 fully saturated rings. The number of benzene rings is 1. The zero-order valence-electron chi connectivity index (χ0n) is 12.2. The number of likely N-dealkylation sites (N-methyl/N-ethyl adjacent to an activating group) is 1. The van der Waals surface area contributed by atoms with Gasteiger partial charge in [-0.2, -0.15) is 5.10 Å². The highest BCUT2D eigenvalue weighted by molar-refractivity contribution is 5.35. The third-order valence-corrected chi connectivity index (χ3v) is 3.90. The molecule has 0 aliphatic carbocycles. The fraction of sp³-hybridized carbons (Fsp3) is 0.467. The van der Waals surface area contributed by atoms with Gasteiger partial charge in [0.05, 0.1) is 0 Å². The van der Waals surface area contributed by atoms with Crippen LogP contribution in [0.3, 0.4) is 0 Å². The van der Waals surface area contributed by atoms with E-state index in [9.17, 15) is 4.39 Å². The van der Waals surface area contributed by atoms with Crippen LogP contribution in [-0.2, 0) is 6.54 Å². The number of halogens is 1. The van der Waals surface area contributed by atoms with Crippen molar-refractivity contribution in [2.75, 3.05) is 20.1 Å². The molecule has 0 amide bonds. The second kappa shape index (κ2) is 6.32. The van der Waals surface area contributed by atoms with Gasteiger partial charge in [0.15, 0.2) is 0 Å². The maximum Gasteiger partial charge on any atom is 0.149 e. The molecule has 1 saturated heterocycles. The Balaban J connectivity index is 1.63. The number of aromatic nitrogens is 3. The van der Waals surface area contributed by atoms with Gasteiger partial charge in [-0.15, -0.1) is 0 Å². The average Bonchev–Trinajstić information content (AvgIpc) is 2.99. The first-order valence-electron chi connectivity index (χ1n) is 7.28. The van der Waals surface area contributed by atoms with Gasteiger partial charge in [0.2, 0.25) is 0 Å². The monoisotopic (exact) mass is 289 g/mol. The number of likely N-dealkylation sites (tertiary alicyclic amines) is 1. The van der Waals surface area contributed by atoms with Crippen LogP contribution in [0.5, 0.6) is 0 Å². The number of nitrogens with one attached hydrogen (secondary N) is 1. The first kappa shape index (κ1) is 14.2. The number of piperidine rings is 1. The quantitative estimate of drug-likeness (QED) is 0.928. The molecule has 1 aromatic heterocycles. The van der Waals surface area contributed by atoms with E-state index >= 15 is 0 Å². The van der Waals surface area contributed by atoms with Gasteiger partial charge in [-0.1, -0.05) is 6.07 Å². The summed E-state index contributed by atoms with van der Waals surface area (Å²) in [6, 6.07) is 5.73. The van der Waals surface area contributed by atoms with Crippen LogP contribution in [0.15, 0.2) is 30.9 Å². The van der Waals surface area contributed by atoms with E-state index in [0.29, 0.717) is 18.3 Å². The molecule has 1 aromatic carbocycles. The van der Waals surface area contributed by atoms with Crippen LogP contribution >= 0.6 is 0 Å². The summed E-state index contributed by atoms with van der Waals surface area (Å²) in [6.45, 7) is 2.91. The van der Waals surface area contributed by atoms with Crippen molar-refractivity contribution in [2.45, 2.75) is 25.4 Å². The third kappa shape index (κ3) is 3.46. The summed E-state index contributed by atoms with van der Waals surface area (Å²) in [7, 11) is 2.14. The molecule has 5 nitrogen and oxygen atoms in total. The smallest absolute Gasteiger partial charge is 0.149 e. The summed E-state index contributed by atoms with van der Waals surface area (Å²) >= 11 is 0. The van der Waals surface area contributed by atoms with Crippen molar-refractivity contribution in [3.63, 3.8) is 0 Å². The van der Waals surface area contributed by atoms with Crippen molar-refractivity contribution in [3.05, 3.63) is 42.2 Å². The average molecular weight is 289 g/mol.